The van der Waals surface area contributed by atoms with Gasteiger partial charge in [0.1, 0.15) is 11.8 Å². The van der Waals surface area contributed by atoms with Crippen molar-refractivity contribution in [2.24, 2.45) is 0 Å². The SMILES string of the molecule is N#Cc1[nH]c(=O)ccc1N. The average Bonchev–Trinajstić information content (AvgIpc) is 1.94. The highest BCUT2D eigenvalue weighted by Gasteiger charge is 1.95. The fourth-order valence-electron chi connectivity index (χ4n) is 0.578. The van der Waals surface area contributed by atoms with Gasteiger partial charge < -0.3 is 10.7 Å². The first kappa shape index (κ1) is 6.36. The van der Waals surface area contributed by atoms with Gasteiger partial charge in [-0.2, -0.15) is 5.26 Å². The van der Waals surface area contributed by atoms with Crippen LogP contribution in [0.4, 0.5) is 5.69 Å². The van der Waals surface area contributed by atoms with Crippen LogP contribution in [-0.4, -0.2) is 4.98 Å². The van der Waals surface area contributed by atoms with Crippen molar-refractivity contribution in [3.05, 3.63) is 28.2 Å². The predicted molar refractivity (Wildman–Crippen MR) is 36.2 cm³/mol. The first-order chi connectivity index (χ1) is 4.74. The van der Waals surface area contributed by atoms with Crippen molar-refractivity contribution in [2.75, 3.05) is 5.73 Å². The summed E-state index contributed by atoms with van der Waals surface area (Å²) in [5.74, 6) is 0. The van der Waals surface area contributed by atoms with Crippen molar-refractivity contribution in [3.63, 3.8) is 0 Å². The van der Waals surface area contributed by atoms with Crippen LogP contribution >= 0.6 is 0 Å². The summed E-state index contributed by atoms with van der Waals surface area (Å²) < 4.78 is 0. The van der Waals surface area contributed by atoms with E-state index >= 15 is 0 Å². The second-order valence-electron chi connectivity index (χ2n) is 1.76. The molecule has 1 aromatic rings. The highest BCUT2D eigenvalue weighted by molar-refractivity contribution is 5.48. The van der Waals surface area contributed by atoms with Gasteiger partial charge in [0.2, 0.25) is 5.56 Å². The number of nitrogen functional groups attached to an aromatic ring is 1. The van der Waals surface area contributed by atoms with E-state index in [1.165, 1.54) is 12.1 Å². The lowest BCUT2D eigenvalue weighted by molar-refractivity contribution is 1.20. The molecule has 0 saturated carbocycles. The number of hydrogen-bond acceptors (Lipinski definition) is 3. The maximum atomic E-state index is 10.5. The first-order valence-electron chi connectivity index (χ1n) is 2.63. The molecule has 0 bridgehead atoms. The second-order valence-corrected chi connectivity index (χ2v) is 1.76. The van der Waals surface area contributed by atoms with Crippen LogP contribution in [-0.2, 0) is 0 Å². The summed E-state index contributed by atoms with van der Waals surface area (Å²) in [4.78, 5) is 12.8. The fourth-order valence-corrected chi connectivity index (χ4v) is 0.578. The Morgan fingerprint density at radius 3 is 2.80 bits per heavy atom. The summed E-state index contributed by atoms with van der Waals surface area (Å²) in [5, 5.41) is 8.34. The number of nitriles is 1. The monoisotopic (exact) mass is 135 g/mol. The number of aromatic nitrogens is 1. The molecule has 10 heavy (non-hydrogen) atoms. The molecule has 1 heterocycles. The molecule has 4 nitrogen and oxygen atoms in total. The van der Waals surface area contributed by atoms with Crippen LogP contribution in [0.25, 0.3) is 0 Å². The number of rotatable bonds is 0. The zero-order valence-corrected chi connectivity index (χ0v) is 5.09. The second kappa shape index (κ2) is 2.23. The summed E-state index contributed by atoms with van der Waals surface area (Å²) in [7, 11) is 0. The van der Waals surface area contributed by atoms with E-state index in [9.17, 15) is 4.79 Å². The number of nitrogens with zero attached hydrogens (tertiary/aromatic N) is 1. The minimum absolute atomic E-state index is 0.118. The van der Waals surface area contributed by atoms with E-state index in [1.807, 2.05) is 0 Å². The molecule has 0 saturated heterocycles. The Balaban J connectivity index is 3.40. The van der Waals surface area contributed by atoms with E-state index in [4.69, 9.17) is 11.0 Å². The Hall–Kier alpha value is -1.76. The van der Waals surface area contributed by atoms with Crippen molar-refractivity contribution in [2.45, 2.75) is 0 Å². The van der Waals surface area contributed by atoms with Gasteiger partial charge in [0, 0.05) is 6.07 Å². The minimum atomic E-state index is -0.314. The Labute approximate surface area is 56.9 Å². The van der Waals surface area contributed by atoms with Gasteiger partial charge in [0.05, 0.1) is 5.69 Å². The molecule has 4 heteroatoms. The average molecular weight is 135 g/mol. The van der Waals surface area contributed by atoms with E-state index in [0.717, 1.165) is 0 Å². The molecule has 0 unspecified atom stereocenters. The smallest absolute Gasteiger partial charge is 0.249 e. The summed E-state index contributed by atoms with van der Waals surface area (Å²) in [5.41, 5.74) is 5.40. The lowest BCUT2D eigenvalue weighted by Crippen LogP contribution is -2.07. The predicted octanol–water partition coefficient (Wildman–Crippen LogP) is -0.171. The van der Waals surface area contributed by atoms with Gasteiger partial charge in [-0.3, -0.25) is 4.79 Å². The third-order valence-electron chi connectivity index (χ3n) is 1.06. The number of hydrogen-bond donors (Lipinski definition) is 2. The molecule has 0 spiro atoms. The van der Waals surface area contributed by atoms with Gasteiger partial charge in [-0.05, 0) is 6.07 Å². The molecule has 0 fully saturated rings. The van der Waals surface area contributed by atoms with Gasteiger partial charge in [-0.15, -0.1) is 0 Å². The van der Waals surface area contributed by atoms with Crippen LogP contribution in [0, 0.1) is 11.3 Å². The Bertz CT molecular complexity index is 334. The van der Waals surface area contributed by atoms with E-state index in [2.05, 4.69) is 4.98 Å². The molecular weight excluding hydrogens is 130 g/mol. The topological polar surface area (TPSA) is 82.7 Å². The third-order valence-corrected chi connectivity index (χ3v) is 1.06. The maximum absolute atomic E-state index is 10.5. The molecule has 50 valence electrons. The zero-order valence-electron chi connectivity index (χ0n) is 5.09. The fraction of sp³-hybridized carbons (Fsp3) is 0. The summed E-state index contributed by atoms with van der Waals surface area (Å²) in [6.45, 7) is 0. The van der Waals surface area contributed by atoms with E-state index < -0.39 is 0 Å². The van der Waals surface area contributed by atoms with Crippen molar-refractivity contribution in [1.82, 2.24) is 4.98 Å². The first-order valence-corrected chi connectivity index (χ1v) is 2.63. The summed E-state index contributed by atoms with van der Waals surface area (Å²) in [6.07, 6.45) is 0. The Morgan fingerprint density at radius 2 is 2.30 bits per heavy atom. The summed E-state index contributed by atoms with van der Waals surface area (Å²) in [6, 6.07) is 4.43. The van der Waals surface area contributed by atoms with Gasteiger partial charge in [-0.25, -0.2) is 0 Å². The van der Waals surface area contributed by atoms with Gasteiger partial charge in [-0.1, -0.05) is 0 Å². The minimum Gasteiger partial charge on any atom is -0.396 e. The van der Waals surface area contributed by atoms with Gasteiger partial charge in [0.15, 0.2) is 0 Å². The van der Waals surface area contributed by atoms with E-state index in [-0.39, 0.29) is 11.3 Å². The molecule has 3 N–H and O–H groups in total. The molecule has 0 atom stereocenters. The van der Waals surface area contributed by atoms with Crippen LogP contribution in [0.15, 0.2) is 16.9 Å². The molecule has 0 aromatic carbocycles. The lowest BCUT2D eigenvalue weighted by Gasteiger charge is -1.91. The Morgan fingerprint density at radius 1 is 1.60 bits per heavy atom. The normalized spacial score (nSPS) is 8.70. The van der Waals surface area contributed by atoms with Crippen LogP contribution in [0.5, 0.6) is 0 Å². The molecule has 0 aliphatic heterocycles. The van der Waals surface area contributed by atoms with Crippen molar-refractivity contribution in [1.29, 1.82) is 5.26 Å². The molecule has 0 amide bonds. The number of nitrogens with two attached hydrogens (primary N) is 1. The molecule has 1 rings (SSSR count). The standard InChI is InChI=1S/C6H5N3O/c7-3-5-4(8)1-2-6(10)9-5/h1-2H,8H2,(H,9,10). The quantitative estimate of drug-likeness (QED) is 0.518. The Kier molecular flexibility index (Phi) is 1.42. The van der Waals surface area contributed by atoms with Crippen LogP contribution in [0.2, 0.25) is 0 Å². The summed E-state index contributed by atoms with van der Waals surface area (Å²) >= 11 is 0. The van der Waals surface area contributed by atoms with E-state index in [0.29, 0.717) is 5.69 Å². The molecule has 0 aliphatic rings. The van der Waals surface area contributed by atoms with Crippen LogP contribution in [0.3, 0.4) is 0 Å². The zero-order chi connectivity index (χ0) is 7.56. The lowest BCUT2D eigenvalue weighted by atomic mass is 10.3. The number of H-pyrrole nitrogens is 1. The molecule has 1 aromatic heterocycles. The van der Waals surface area contributed by atoms with Crippen molar-refractivity contribution < 1.29 is 0 Å². The molecule has 0 radical (unpaired) electrons. The molecule has 0 aliphatic carbocycles. The highest BCUT2D eigenvalue weighted by Crippen LogP contribution is 2.00. The van der Waals surface area contributed by atoms with Gasteiger partial charge >= 0.3 is 0 Å². The van der Waals surface area contributed by atoms with Crippen LogP contribution < -0.4 is 11.3 Å². The maximum Gasteiger partial charge on any atom is 0.249 e. The number of nitrogens with one attached hydrogen (secondary N) is 1. The number of pyridine rings is 1. The van der Waals surface area contributed by atoms with Gasteiger partial charge in [0.25, 0.3) is 0 Å². The molecular formula is C6H5N3O. The number of aromatic amines is 1. The number of anilines is 1. The van der Waals surface area contributed by atoms with E-state index in [1.54, 1.807) is 6.07 Å². The third kappa shape index (κ3) is 0.977. The van der Waals surface area contributed by atoms with Crippen LogP contribution in [0.1, 0.15) is 5.69 Å². The highest BCUT2D eigenvalue weighted by atomic mass is 16.1. The van der Waals surface area contributed by atoms with Crippen molar-refractivity contribution >= 4 is 5.69 Å². The van der Waals surface area contributed by atoms with Crippen molar-refractivity contribution in [3.8, 4) is 6.07 Å². The largest absolute Gasteiger partial charge is 0.396 e.